The van der Waals surface area contributed by atoms with Gasteiger partial charge in [0.05, 0.1) is 21.7 Å². The molecule has 6 nitrogen and oxygen atoms in total. The predicted molar refractivity (Wildman–Crippen MR) is 98.3 cm³/mol. The van der Waals surface area contributed by atoms with Gasteiger partial charge in [-0.2, -0.15) is 0 Å². The van der Waals surface area contributed by atoms with Gasteiger partial charge in [0.2, 0.25) is 0 Å². The smallest absolute Gasteiger partial charge is 0.251 e. The second-order valence-corrected chi connectivity index (χ2v) is 10.9. The molecule has 1 N–H and O–H groups in total. The number of sulfone groups is 2. The average molecular weight is 411 g/mol. The fraction of sp³-hybridized carbons (Fsp3) is 0.278. The molecule has 1 fully saturated rings. The van der Waals surface area contributed by atoms with Crippen LogP contribution in [0.5, 0.6) is 0 Å². The van der Waals surface area contributed by atoms with Gasteiger partial charge >= 0.3 is 0 Å². The highest BCUT2D eigenvalue weighted by Gasteiger charge is 2.38. The van der Waals surface area contributed by atoms with Crippen LogP contribution in [0.4, 0.5) is 4.39 Å². The van der Waals surface area contributed by atoms with Gasteiger partial charge in [-0.05, 0) is 42.3 Å². The predicted octanol–water partition coefficient (Wildman–Crippen LogP) is 1.72. The first kappa shape index (κ1) is 19.5. The normalized spacial score (nSPS) is 18.9. The summed E-state index contributed by atoms with van der Waals surface area (Å²) in [6.07, 6.45) is 0.0612. The molecule has 9 heteroatoms. The standard InChI is InChI=1S/C18H18FNO5S2/c19-15-6-4-13(5-7-15)11-20-18(21)14-2-1-3-16(10-14)27(24,25)17-8-9-26(22,23)12-17/h1-7,10,17H,8-9,11-12H2,(H,20,21). The van der Waals surface area contributed by atoms with Crippen molar-refractivity contribution in [3.8, 4) is 0 Å². The second-order valence-electron chi connectivity index (χ2n) is 6.41. The highest BCUT2D eigenvalue weighted by molar-refractivity contribution is 7.96. The quantitative estimate of drug-likeness (QED) is 0.808. The van der Waals surface area contributed by atoms with E-state index in [2.05, 4.69) is 5.32 Å². The first-order valence-electron chi connectivity index (χ1n) is 8.24. The minimum absolute atomic E-state index is 0.0612. The topological polar surface area (TPSA) is 97.4 Å². The number of carbonyl (C=O) groups excluding carboxylic acids is 1. The minimum Gasteiger partial charge on any atom is -0.348 e. The zero-order chi connectivity index (χ0) is 19.7. The van der Waals surface area contributed by atoms with Gasteiger partial charge in [0.15, 0.2) is 19.7 Å². The Hall–Kier alpha value is -2.26. The molecule has 0 bridgehead atoms. The largest absolute Gasteiger partial charge is 0.348 e. The van der Waals surface area contributed by atoms with E-state index in [0.29, 0.717) is 5.56 Å². The van der Waals surface area contributed by atoms with E-state index < -0.39 is 36.6 Å². The second kappa shape index (κ2) is 7.40. The Morgan fingerprint density at radius 3 is 2.48 bits per heavy atom. The Morgan fingerprint density at radius 1 is 1.15 bits per heavy atom. The number of hydrogen-bond donors (Lipinski definition) is 1. The Balaban J connectivity index is 1.74. The zero-order valence-corrected chi connectivity index (χ0v) is 15.9. The molecule has 0 saturated carbocycles. The van der Waals surface area contributed by atoms with Crippen molar-refractivity contribution >= 4 is 25.6 Å². The number of carbonyl (C=O) groups is 1. The van der Waals surface area contributed by atoms with Crippen molar-refractivity contribution in [3.63, 3.8) is 0 Å². The average Bonchev–Trinajstić information content (AvgIpc) is 3.02. The first-order chi connectivity index (χ1) is 12.7. The van der Waals surface area contributed by atoms with Gasteiger partial charge in [-0.3, -0.25) is 4.79 Å². The lowest BCUT2D eigenvalue weighted by atomic mass is 10.2. The van der Waals surface area contributed by atoms with Gasteiger partial charge in [-0.1, -0.05) is 18.2 Å². The lowest BCUT2D eigenvalue weighted by molar-refractivity contribution is 0.0950. The van der Waals surface area contributed by atoms with Gasteiger partial charge in [-0.15, -0.1) is 0 Å². The van der Waals surface area contributed by atoms with E-state index in [1.807, 2.05) is 0 Å². The van der Waals surface area contributed by atoms with Gasteiger partial charge < -0.3 is 5.32 Å². The van der Waals surface area contributed by atoms with Crippen molar-refractivity contribution in [2.24, 2.45) is 0 Å². The SMILES string of the molecule is O=C(NCc1ccc(F)cc1)c1cccc(S(=O)(=O)C2CCS(=O)(=O)C2)c1. The van der Waals surface area contributed by atoms with Gasteiger partial charge in [0.1, 0.15) is 5.82 Å². The maximum absolute atomic E-state index is 12.9. The summed E-state index contributed by atoms with van der Waals surface area (Å²) >= 11 is 0. The number of benzene rings is 2. The van der Waals surface area contributed by atoms with Crippen LogP contribution in [-0.2, 0) is 26.2 Å². The first-order valence-corrected chi connectivity index (χ1v) is 11.6. The monoisotopic (exact) mass is 411 g/mol. The number of halogens is 1. The third kappa shape index (κ3) is 4.54. The number of rotatable bonds is 5. The lowest BCUT2D eigenvalue weighted by Gasteiger charge is -2.11. The molecule has 144 valence electrons. The molecular formula is C18H18FNO5S2. The molecule has 1 aliphatic rings. The van der Waals surface area contributed by atoms with Crippen molar-refractivity contribution in [2.45, 2.75) is 23.1 Å². The van der Waals surface area contributed by atoms with E-state index in [0.717, 1.165) is 0 Å². The number of hydrogen-bond acceptors (Lipinski definition) is 5. The van der Waals surface area contributed by atoms with Crippen LogP contribution in [0.1, 0.15) is 22.3 Å². The van der Waals surface area contributed by atoms with Crippen LogP contribution in [-0.4, -0.2) is 39.5 Å². The molecule has 0 aliphatic carbocycles. The summed E-state index contributed by atoms with van der Waals surface area (Å²) in [5.41, 5.74) is 0.851. The van der Waals surface area contributed by atoms with E-state index in [9.17, 15) is 26.0 Å². The molecule has 2 aromatic rings. The molecule has 1 unspecified atom stereocenters. The van der Waals surface area contributed by atoms with Gasteiger partial charge in [0, 0.05) is 12.1 Å². The van der Waals surface area contributed by atoms with E-state index in [4.69, 9.17) is 0 Å². The fourth-order valence-electron chi connectivity index (χ4n) is 2.90. The maximum atomic E-state index is 12.9. The maximum Gasteiger partial charge on any atom is 0.251 e. The third-order valence-corrected chi connectivity index (χ3v) is 8.59. The van der Waals surface area contributed by atoms with Crippen molar-refractivity contribution in [3.05, 3.63) is 65.5 Å². The van der Waals surface area contributed by atoms with Gasteiger partial charge in [0.25, 0.3) is 5.91 Å². The van der Waals surface area contributed by atoms with Crippen molar-refractivity contribution in [2.75, 3.05) is 11.5 Å². The zero-order valence-electron chi connectivity index (χ0n) is 14.3. The molecule has 1 aliphatic heterocycles. The van der Waals surface area contributed by atoms with E-state index in [1.54, 1.807) is 0 Å². The Morgan fingerprint density at radius 2 is 1.85 bits per heavy atom. The molecule has 0 radical (unpaired) electrons. The Bertz CT molecular complexity index is 1060. The Kier molecular flexibility index (Phi) is 5.34. The van der Waals surface area contributed by atoms with Crippen LogP contribution in [0.3, 0.4) is 0 Å². The van der Waals surface area contributed by atoms with Crippen molar-refractivity contribution in [1.29, 1.82) is 0 Å². The molecule has 1 atom stereocenters. The molecule has 0 spiro atoms. The molecule has 27 heavy (non-hydrogen) atoms. The van der Waals surface area contributed by atoms with Crippen molar-refractivity contribution < 1.29 is 26.0 Å². The summed E-state index contributed by atoms with van der Waals surface area (Å²) in [6, 6.07) is 11.2. The Labute approximate surface area is 157 Å². The van der Waals surface area contributed by atoms with Crippen LogP contribution < -0.4 is 5.32 Å². The fourth-order valence-corrected chi connectivity index (χ4v) is 7.30. The number of amides is 1. The number of nitrogens with one attached hydrogen (secondary N) is 1. The molecule has 1 heterocycles. The minimum atomic E-state index is -3.84. The van der Waals surface area contributed by atoms with Crippen LogP contribution in [0.15, 0.2) is 53.4 Å². The van der Waals surface area contributed by atoms with E-state index >= 15 is 0 Å². The van der Waals surface area contributed by atoms with Crippen LogP contribution in [0.25, 0.3) is 0 Å². The van der Waals surface area contributed by atoms with Crippen LogP contribution >= 0.6 is 0 Å². The summed E-state index contributed by atoms with van der Waals surface area (Å²) in [6.45, 7) is 0.164. The lowest BCUT2D eigenvalue weighted by Crippen LogP contribution is -2.25. The van der Waals surface area contributed by atoms with E-state index in [-0.39, 0.29) is 35.0 Å². The molecule has 1 amide bonds. The van der Waals surface area contributed by atoms with Crippen molar-refractivity contribution in [1.82, 2.24) is 5.32 Å². The molecule has 3 rings (SSSR count). The van der Waals surface area contributed by atoms with Crippen LogP contribution in [0, 0.1) is 5.82 Å². The summed E-state index contributed by atoms with van der Waals surface area (Å²) in [4.78, 5) is 12.2. The summed E-state index contributed by atoms with van der Waals surface area (Å²) in [5.74, 6) is -1.39. The highest BCUT2D eigenvalue weighted by atomic mass is 32.2. The van der Waals surface area contributed by atoms with E-state index in [1.165, 1.54) is 48.5 Å². The molecule has 0 aromatic heterocycles. The highest BCUT2D eigenvalue weighted by Crippen LogP contribution is 2.25. The van der Waals surface area contributed by atoms with Gasteiger partial charge in [-0.25, -0.2) is 21.2 Å². The summed E-state index contributed by atoms with van der Waals surface area (Å²) < 4.78 is 61.4. The summed E-state index contributed by atoms with van der Waals surface area (Å²) in [7, 11) is -7.18. The third-order valence-electron chi connectivity index (χ3n) is 4.42. The molecule has 1 saturated heterocycles. The molecular weight excluding hydrogens is 393 g/mol. The van der Waals surface area contributed by atoms with Crippen LogP contribution in [0.2, 0.25) is 0 Å². The molecule has 2 aromatic carbocycles. The summed E-state index contributed by atoms with van der Waals surface area (Å²) in [5, 5.41) is 1.66.